The third kappa shape index (κ3) is 2.22. The zero-order valence-electron chi connectivity index (χ0n) is 8.53. The summed E-state index contributed by atoms with van der Waals surface area (Å²) in [6, 6.07) is 3.66. The average Bonchev–Trinajstić information content (AvgIpc) is 2.60. The van der Waals surface area contributed by atoms with Crippen LogP contribution in [0.25, 0.3) is 0 Å². The molecule has 1 aliphatic heterocycles. The highest BCUT2D eigenvalue weighted by atomic mass is 35.5. The number of rotatable bonds is 4. The first-order valence-corrected chi connectivity index (χ1v) is 6.07. The number of thiophene rings is 1. The van der Waals surface area contributed by atoms with Gasteiger partial charge in [0.2, 0.25) is 5.91 Å². The van der Waals surface area contributed by atoms with Crippen LogP contribution in [0.4, 0.5) is 0 Å². The van der Waals surface area contributed by atoms with Crippen LogP contribution in [0.5, 0.6) is 0 Å². The molecule has 0 unspecified atom stereocenters. The molecular formula is C10H12ClNO3S. The van der Waals surface area contributed by atoms with Crippen molar-refractivity contribution < 1.29 is 14.6 Å². The van der Waals surface area contributed by atoms with Gasteiger partial charge in [-0.15, -0.1) is 11.3 Å². The Bertz CT molecular complexity index is 384. The van der Waals surface area contributed by atoms with E-state index in [1.165, 1.54) is 11.3 Å². The smallest absolute Gasteiger partial charge is 0.233 e. The number of carbonyl (C=O) groups excluding carboxylic acids is 1. The Morgan fingerprint density at radius 3 is 2.81 bits per heavy atom. The van der Waals surface area contributed by atoms with Crippen LogP contribution in [-0.4, -0.2) is 30.8 Å². The summed E-state index contributed by atoms with van der Waals surface area (Å²) in [5, 5.41) is 11.9. The Balaban J connectivity index is 1.88. The molecule has 6 heteroatoms. The number of nitrogens with one attached hydrogen (secondary N) is 1. The summed E-state index contributed by atoms with van der Waals surface area (Å²) in [6.45, 7) is 0.850. The van der Waals surface area contributed by atoms with Crippen LogP contribution in [0.1, 0.15) is 4.88 Å². The monoisotopic (exact) mass is 261 g/mol. The lowest BCUT2D eigenvalue weighted by Crippen LogP contribution is -2.56. The zero-order chi connectivity index (χ0) is 11.6. The summed E-state index contributed by atoms with van der Waals surface area (Å²) >= 11 is 7.21. The van der Waals surface area contributed by atoms with Gasteiger partial charge in [-0.3, -0.25) is 4.79 Å². The maximum absolute atomic E-state index is 11.8. The number of aliphatic hydroxyl groups excluding tert-OH is 1. The van der Waals surface area contributed by atoms with Gasteiger partial charge in [-0.2, -0.15) is 0 Å². The van der Waals surface area contributed by atoms with Crippen molar-refractivity contribution in [2.75, 3.05) is 19.8 Å². The first-order chi connectivity index (χ1) is 7.66. The van der Waals surface area contributed by atoms with Gasteiger partial charge < -0.3 is 15.2 Å². The van der Waals surface area contributed by atoms with Crippen LogP contribution < -0.4 is 5.32 Å². The predicted octanol–water partition coefficient (Wildman–Crippen LogP) is 1.03. The van der Waals surface area contributed by atoms with Crippen molar-refractivity contribution in [2.45, 2.75) is 6.54 Å². The molecule has 2 rings (SSSR count). The molecule has 0 spiro atoms. The van der Waals surface area contributed by atoms with Gasteiger partial charge in [-0.05, 0) is 12.1 Å². The van der Waals surface area contributed by atoms with Crippen LogP contribution in [-0.2, 0) is 16.1 Å². The van der Waals surface area contributed by atoms with E-state index in [2.05, 4.69) is 5.32 Å². The Kier molecular flexibility index (Phi) is 3.49. The number of hydrogen-bond donors (Lipinski definition) is 2. The molecule has 0 saturated carbocycles. The summed E-state index contributed by atoms with van der Waals surface area (Å²) in [6.07, 6.45) is 0. The topological polar surface area (TPSA) is 58.6 Å². The van der Waals surface area contributed by atoms with E-state index >= 15 is 0 Å². The Hall–Kier alpha value is -0.620. The molecule has 1 aromatic heterocycles. The third-order valence-electron chi connectivity index (χ3n) is 2.59. The van der Waals surface area contributed by atoms with E-state index in [9.17, 15) is 4.79 Å². The van der Waals surface area contributed by atoms with Crippen LogP contribution in [0.3, 0.4) is 0 Å². The van der Waals surface area contributed by atoms with Crippen molar-refractivity contribution in [3.63, 3.8) is 0 Å². The maximum atomic E-state index is 11.8. The zero-order valence-corrected chi connectivity index (χ0v) is 10.1. The number of amides is 1. The summed E-state index contributed by atoms with van der Waals surface area (Å²) in [4.78, 5) is 12.8. The van der Waals surface area contributed by atoms with Gasteiger partial charge in [-0.1, -0.05) is 11.6 Å². The lowest BCUT2D eigenvalue weighted by molar-refractivity contribution is -0.170. The minimum atomic E-state index is -0.735. The van der Waals surface area contributed by atoms with Gasteiger partial charge in [0.05, 0.1) is 30.7 Å². The largest absolute Gasteiger partial charge is 0.395 e. The molecule has 0 bridgehead atoms. The average molecular weight is 262 g/mol. The van der Waals surface area contributed by atoms with E-state index < -0.39 is 5.41 Å². The molecule has 2 N–H and O–H groups in total. The molecule has 1 saturated heterocycles. The van der Waals surface area contributed by atoms with Crippen LogP contribution in [0, 0.1) is 5.41 Å². The highest BCUT2D eigenvalue weighted by molar-refractivity contribution is 7.16. The predicted molar refractivity (Wildman–Crippen MR) is 61.5 cm³/mol. The number of aliphatic hydroxyl groups is 1. The van der Waals surface area contributed by atoms with Gasteiger partial charge in [0, 0.05) is 4.88 Å². The maximum Gasteiger partial charge on any atom is 0.233 e. The molecule has 0 radical (unpaired) electrons. The lowest BCUT2D eigenvalue weighted by Gasteiger charge is -2.37. The van der Waals surface area contributed by atoms with Gasteiger partial charge in [0.25, 0.3) is 0 Å². The standard InChI is InChI=1S/C10H12ClNO3S/c11-8-2-1-7(16-8)3-12-9(14)10(4-13)5-15-6-10/h1-2,13H,3-6H2,(H,12,14). The SMILES string of the molecule is O=C(NCc1ccc(Cl)s1)C1(CO)COC1. The minimum Gasteiger partial charge on any atom is -0.395 e. The number of halogens is 1. The molecule has 1 amide bonds. The fourth-order valence-electron chi connectivity index (χ4n) is 1.44. The molecule has 0 aliphatic carbocycles. The van der Waals surface area contributed by atoms with E-state index in [1.54, 1.807) is 6.07 Å². The molecular weight excluding hydrogens is 250 g/mol. The molecule has 88 valence electrons. The van der Waals surface area contributed by atoms with E-state index in [0.29, 0.717) is 24.1 Å². The number of ether oxygens (including phenoxy) is 1. The summed E-state index contributed by atoms with van der Waals surface area (Å²) in [5.74, 6) is -0.161. The van der Waals surface area contributed by atoms with Gasteiger partial charge in [0.1, 0.15) is 5.41 Å². The van der Waals surface area contributed by atoms with E-state index in [-0.39, 0.29) is 12.5 Å². The minimum absolute atomic E-state index is 0.161. The molecule has 16 heavy (non-hydrogen) atoms. The third-order valence-corrected chi connectivity index (χ3v) is 3.82. The summed E-state index contributed by atoms with van der Waals surface area (Å²) < 4.78 is 5.67. The summed E-state index contributed by atoms with van der Waals surface area (Å²) in [5.41, 5.74) is -0.735. The molecule has 1 aromatic rings. The second kappa shape index (κ2) is 4.71. The van der Waals surface area contributed by atoms with Crippen LogP contribution in [0.15, 0.2) is 12.1 Å². The van der Waals surface area contributed by atoms with E-state index in [0.717, 1.165) is 4.88 Å². The molecule has 1 aliphatic rings. The molecule has 2 heterocycles. The Labute approximate surface area is 102 Å². The number of hydrogen-bond acceptors (Lipinski definition) is 4. The van der Waals surface area contributed by atoms with Crippen molar-refractivity contribution in [1.82, 2.24) is 5.32 Å². The van der Waals surface area contributed by atoms with Crippen LogP contribution in [0.2, 0.25) is 4.34 Å². The molecule has 0 aromatic carbocycles. The van der Waals surface area contributed by atoms with Crippen molar-refractivity contribution >= 4 is 28.8 Å². The fraction of sp³-hybridized carbons (Fsp3) is 0.500. The van der Waals surface area contributed by atoms with Gasteiger partial charge >= 0.3 is 0 Å². The summed E-state index contributed by atoms with van der Waals surface area (Å²) in [7, 11) is 0. The van der Waals surface area contributed by atoms with Crippen LogP contribution >= 0.6 is 22.9 Å². The number of carbonyl (C=O) groups is 1. The molecule has 1 fully saturated rings. The van der Waals surface area contributed by atoms with E-state index in [1.807, 2.05) is 6.07 Å². The first kappa shape index (κ1) is 11.9. The molecule has 4 nitrogen and oxygen atoms in total. The second-order valence-corrected chi connectivity index (χ2v) is 5.62. The van der Waals surface area contributed by atoms with Crippen molar-refractivity contribution in [3.05, 3.63) is 21.3 Å². The Morgan fingerprint density at radius 1 is 1.62 bits per heavy atom. The fourth-order valence-corrected chi connectivity index (χ4v) is 2.47. The highest BCUT2D eigenvalue weighted by Gasteiger charge is 2.45. The quantitative estimate of drug-likeness (QED) is 0.851. The lowest BCUT2D eigenvalue weighted by atomic mass is 9.86. The Morgan fingerprint density at radius 2 is 2.38 bits per heavy atom. The first-order valence-electron chi connectivity index (χ1n) is 4.87. The van der Waals surface area contributed by atoms with Gasteiger partial charge in [0.15, 0.2) is 0 Å². The normalized spacial score (nSPS) is 17.9. The highest BCUT2D eigenvalue weighted by Crippen LogP contribution is 2.27. The van der Waals surface area contributed by atoms with Gasteiger partial charge in [-0.25, -0.2) is 0 Å². The van der Waals surface area contributed by atoms with Crippen molar-refractivity contribution in [2.24, 2.45) is 5.41 Å². The van der Waals surface area contributed by atoms with Crippen molar-refractivity contribution in [1.29, 1.82) is 0 Å². The van der Waals surface area contributed by atoms with Crippen molar-refractivity contribution in [3.8, 4) is 0 Å². The molecule has 0 atom stereocenters. The second-order valence-electron chi connectivity index (χ2n) is 3.82. The van der Waals surface area contributed by atoms with E-state index in [4.69, 9.17) is 21.4 Å².